The van der Waals surface area contributed by atoms with Crippen LogP contribution < -0.4 is 5.56 Å². The summed E-state index contributed by atoms with van der Waals surface area (Å²) in [5.74, 6) is 0. The van der Waals surface area contributed by atoms with E-state index >= 15 is 0 Å². The van der Waals surface area contributed by atoms with Crippen LogP contribution in [0.2, 0.25) is 0 Å². The highest BCUT2D eigenvalue weighted by Gasteiger charge is 2.27. The van der Waals surface area contributed by atoms with Crippen molar-refractivity contribution in [2.45, 2.75) is 32.6 Å². The Morgan fingerprint density at radius 3 is 2.72 bits per heavy atom. The van der Waals surface area contributed by atoms with Crippen LogP contribution in [-0.4, -0.2) is 25.5 Å². The molecule has 0 radical (unpaired) electrons. The van der Waals surface area contributed by atoms with Crippen molar-refractivity contribution in [3.05, 3.63) is 22.9 Å². The maximum absolute atomic E-state index is 12.1. The second kappa shape index (κ2) is 4.43. The third kappa shape index (κ3) is 2.36. The van der Waals surface area contributed by atoms with Gasteiger partial charge in [0.2, 0.25) is 0 Å². The van der Waals surface area contributed by atoms with Crippen LogP contribution in [0.4, 0.5) is 13.2 Å². The molecule has 0 aromatic carbocycles. The number of nitrogens with zero attached hydrogens (tertiary/aromatic N) is 4. The van der Waals surface area contributed by atoms with Gasteiger partial charge in [0, 0.05) is 13.1 Å². The Bertz CT molecular complexity index is 614. The molecule has 2 aromatic rings. The Kier molecular flexibility index (Phi) is 3.10. The molecular formula is C10H11F3N4O. The van der Waals surface area contributed by atoms with Crippen LogP contribution in [-0.2, 0) is 13.1 Å². The number of fused-ring (bicyclic) bond motifs is 1. The molecule has 2 rings (SSSR count). The fourth-order valence-corrected chi connectivity index (χ4v) is 1.64. The summed E-state index contributed by atoms with van der Waals surface area (Å²) in [5.41, 5.74) is -0.102. The van der Waals surface area contributed by atoms with Gasteiger partial charge >= 0.3 is 6.18 Å². The SMILES string of the molecule is CCn1ncc2c(=O)n(CCC(F)(F)F)cnc21. The van der Waals surface area contributed by atoms with Crippen molar-refractivity contribution in [3.63, 3.8) is 0 Å². The molecule has 8 heteroatoms. The summed E-state index contributed by atoms with van der Waals surface area (Å²) in [4.78, 5) is 15.8. The highest BCUT2D eigenvalue weighted by Crippen LogP contribution is 2.19. The number of rotatable bonds is 3. The van der Waals surface area contributed by atoms with Gasteiger partial charge in [-0.05, 0) is 6.92 Å². The first kappa shape index (κ1) is 12.6. The van der Waals surface area contributed by atoms with Crippen LogP contribution in [0.1, 0.15) is 13.3 Å². The van der Waals surface area contributed by atoms with Gasteiger partial charge in [0.15, 0.2) is 5.65 Å². The number of halogens is 3. The lowest BCUT2D eigenvalue weighted by Gasteiger charge is -2.08. The van der Waals surface area contributed by atoms with E-state index in [-0.39, 0.29) is 5.39 Å². The third-order valence-electron chi connectivity index (χ3n) is 2.56. The van der Waals surface area contributed by atoms with Crippen LogP contribution in [0.5, 0.6) is 0 Å². The Balaban J connectivity index is 2.37. The first-order valence-electron chi connectivity index (χ1n) is 5.40. The molecule has 0 fully saturated rings. The molecular weight excluding hydrogens is 249 g/mol. The quantitative estimate of drug-likeness (QED) is 0.841. The van der Waals surface area contributed by atoms with E-state index in [1.807, 2.05) is 6.92 Å². The fraction of sp³-hybridized carbons (Fsp3) is 0.500. The molecule has 0 aliphatic heterocycles. The molecule has 0 saturated carbocycles. The summed E-state index contributed by atoms with van der Waals surface area (Å²) in [5, 5.41) is 4.18. The monoisotopic (exact) mass is 260 g/mol. The average Bonchev–Trinajstić information content (AvgIpc) is 2.70. The van der Waals surface area contributed by atoms with Gasteiger partial charge in [-0.3, -0.25) is 9.36 Å². The van der Waals surface area contributed by atoms with Gasteiger partial charge in [-0.2, -0.15) is 18.3 Å². The van der Waals surface area contributed by atoms with Gasteiger partial charge in [-0.1, -0.05) is 0 Å². The topological polar surface area (TPSA) is 52.7 Å². The normalized spacial score (nSPS) is 12.2. The lowest BCUT2D eigenvalue weighted by atomic mass is 10.4. The number of aromatic nitrogens is 4. The molecule has 0 aliphatic rings. The van der Waals surface area contributed by atoms with Crippen LogP contribution >= 0.6 is 0 Å². The predicted octanol–water partition coefficient (Wildman–Crippen LogP) is 1.57. The van der Waals surface area contributed by atoms with E-state index in [9.17, 15) is 18.0 Å². The van der Waals surface area contributed by atoms with Gasteiger partial charge in [0.25, 0.3) is 5.56 Å². The largest absolute Gasteiger partial charge is 0.390 e. The van der Waals surface area contributed by atoms with Crippen molar-refractivity contribution in [2.75, 3.05) is 0 Å². The Morgan fingerprint density at radius 1 is 1.39 bits per heavy atom. The third-order valence-corrected chi connectivity index (χ3v) is 2.56. The standard InChI is InChI=1S/C10H11F3N4O/c1-2-17-8-7(5-15-17)9(18)16(6-14-8)4-3-10(11,12)13/h5-6H,2-4H2,1H3. The summed E-state index contributed by atoms with van der Waals surface area (Å²) < 4.78 is 38.8. The summed E-state index contributed by atoms with van der Waals surface area (Å²) in [6.07, 6.45) is -2.88. The second-order valence-corrected chi connectivity index (χ2v) is 3.81. The molecule has 98 valence electrons. The summed E-state index contributed by atoms with van der Waals surface area (Å²) in [6.45, 7) is 1.95. The van der Waals surface area contributed by atoms with Crippen molar-refractivity contribution < 1.29 is 13.2 Å². The second-order valence-electron chi connectivity index (χ2n) is 3.81. The van der Waals surface area contributed by atoms with E-state index in [4.69, 9.17) is 0 Å². The molecule has 2 aromatic heterocycles. The van der Waals surface area contributed by atoms with Gasteiger partial charge < -0.3 is 0 Å². The summed E-state index contributed by atoms with van der Waals surface area (Å²) >= 11 is 0. The molecule has 18 heavy (non-hydrogen) atoms. The van der Waals surface area contributed by atoms with Gasteiger partial charge in [-0.15, -0.1) is 0 Å². The molecule has 0 amide bonds. The van der Waals surface area contributed by atoms with E-state index in [0.717, 1.165) is 10.9 Å². The van der Waals surface area contributed by atoms with Crippen LogP contribution in [0.3, 0.4) is 0 Å². The van der Waals surface area contributed by atoms with Crippen LogP contribution in [0.25, 0.3) is 11.0 Å². The first-order chi connectivity index (χ1) is 8.42. The fourth-order valence-electron chi connectivity index (χ4n) is 1.64. The maximum atomic E-state index is 12.1. The highest BCUT2D eigenvalue weighted by molar-refractivity contribution is 5.72. The number of aryl methyl sites for hydroxylation is 2. The van der Waals surface area contributed by atoms with Gasteiger partial charge in [0.05, 0.1) is 18.9 Å². The van der Waals surface area contributed by atoms with Crippen LogP contribution in [0, 0.1) is 0 Å². The van der Waals surface area contributed by atoms with Gasteiger partial charge in [0.1, 0.15) is 5.39 Å². The summed E-state index contributed by atoms with van der Waals surface area (Å²) in [6, 6.07) is 0. The number of hydrogen-bond donors (Lipinski definition) is 0. The van der Waals surface area contributed by atoms with Crippen molar-refractivity contribution in [1.82, 2.24) is 19.3 Å². The molecule has 5 nitrogen and oxygen atoms in total. The molecule has 0 atom stereocenters. The smallest absolute Gasteiger partial charge is 0.298 e. The number of hydrogen-bond acceptors (Lipinski definition) is 3. The van der Waals surface area contributed by atoms with E-state index < -0.39 is 24.7 Å². The Labute approximate surface area is 99.9 Å². The molecule has 0 saturated heterocycles. The van der Waals surface area contributed by atoms with E-state index in [1.54, 1.807) is 0 Å². The minimum Gasteiger partial charge on any atom is -0.298 e. The van der Waals surface area contributed by atoms with Crippen molar-refractivity contribution in [2.24, 2.45) is 0 Å². The van der Waals surface area contributed by atoms with Crippen molar-refractivity contribution in [1.29, 1.82) is 0 Å². The minimum atomic E-state index is -4.29. The molecule has 0 spiro atoms. The molecule has 0 N–H and O–H groups in total. The maximum Gasteiger partial charge on any atom is 0.390 e. The molecule has 2 heterocycles. The predicted molar refractivity (Wildman–Crippen MR) is 58.1 cm³/mol. The van der Waals surface area contributed by atoms with E-state index in [0.29, 0.717) is 12.2 Å². The van der Waals surface area contributed by atoms with E-state index in [1.165, 1.54) is 10.9 Å². The van der Waals surface area contributed by atoms with Gasteiger partial charge in [-0.25, -0.2) is 9.67 Å². The zero-order valence-corrected chi connectivity index (χ0v) is 9.61. The molecule has 0 unspecified atom stereocenters. The lowest BCUT2D eigenvalue weighted by molar-refractivity contribution is -0.136. The van der Waals surface area contributed by atoms with Crippen molar-refractivity contribution >= 4 is 11.0 Å². The van der Waals surface area contributed by atoms with Crippen LogP contribution in [0.15, 0.2) is 17.3 Å². The zero-order chi connectivity index (χ0) is 13.3. The average molecular weight is 260 g/mol. The first-order valence-corrected chi connectivity index (χ1v) is 5.40. The molecule has 0 bridgehead atoms. The molecule has 0 aliphatic carbocycles. The Morgan fingerprint density at radius 2 is 2.11 bits per heavy atom. The highest BCUT2D eigenvalue weighted by atomic mass is 19.4. The minimum absolute atomic E-state index is 0.238. The van der Waals surface area contributed by atoms with Crippen molar-refractivity contribution in [3.8, 4) is 0 Å². The number of alkyl halides is 3. The van der Waals surface area contributed by atoms with E-state index in [2.05, 4.69) is 10.1 Å². The summed E-state index contributed by atoms with van der Waals surface area (Å²) in [7, 11) is 0. The zero-order valence-electron chi connectivity index (χ0n) is 9.61. The Hall–Kier alpha value is -1.86. The lowest BCUT2D eigenvalue weighted by Crippen LogP contribution is -2.23.